The lowest BCUT2D eigenvalue weighted by atomic mass is 9.89. The Morgan fingerprint density at radius 1 is 1.19 bits per heavy atom. The van der Waals surface area contributed by atoms with E-state index in [4.69, 9.17) is 5.73 Å². The molecule has 1 aliphatic rings. The number of nitrogens with two attached hydrogens (primary N) is 1. The van der Waals surface area contributed by atoms with Gasteiger partial charge in [-0.05, 0) is 49.3 Å². The van der Waals surface area contributed by atoms with Gasteiger partial charge in [-0.2, -0.15) is 13.2 Å². The van der Waals surface area contributed by atoms with Crippen molar-refractivity contribution in [2.45, 2.75) is 39.3 Å². The lowest BCUT2D eigenvalue weighted by Crippen LogP contribution is -2.25. The Bertz CT molecular complexity index is 483. The fraction of sp³-hybridized carbons (Fsp3) is 0.625. The first-order valence-electron chi connectivity index (χ1n) is 7.50. The second-order valence-corrected chi connectivity index (χ2v) is 6.19. The van der Waals surface area contributed by atoms with Gasteiger partial charge in [0.15, 0.2) is 0 Å². The third-order valence-electron chi connectivity index (χ3n) is 4.42. The van der Waals surface area contributed by atoms with E-state index >= 15 is 0 Å². The molecule has 2 rings (SSSR count). The van der Waals surface area contributed by atoms with Crippen LogP contribution in [0.15, 0.2) is 18.2 Å². The highest BCUT2D eigenvalue weighted by Gasteiger charge is 2.33. The van der Waals surface area contributed by atoms with Gasteiger partial charge in [0.2, 0.25) is 0 Å². The molecule has 1 aromatic rings. The molecule has 0 aromatic heterocycles. The fourth-order valence-electron chi connectivity index (χ4n) is 3.03. The van der Waals surface area contributed by atoms with Gasteiger partial charge in [-0.3, -0.25) is 0 Å². The van der Waals surface area contributed by atoms with Gasteiger partial charge in [0.25, 0.3) is 0 Å². The molecule has 1 unspecified atom stereocenters. The van der Waals surface area contributed by atoms with Crippen LogP contribution in [0.2, 0.25) is 0 Å². The second-order valence-electron chi connectivity index (χ2n) is 6.19. The SMILES string of the molecule is CC(C)C1CCCN(c2ccc(N)c(C(F)(F)F)c2)CC1. The van der Waals surface area contributed by atoms with Crippen molar-refractivity contribution in [3.8, 4) is 0 Å². The van der Waals surface area contributed by atoms with E-state index in [0.29, 0.717) is 17.5 Å². The third-order valence-corrected chi connectivity index (χ3v) is 4.42. The van der Waals surface area contributed by atoms with Crippen LogP contribution in [0.5, 0.6) is 0 Å². The van der Waals surface area contributed by atoms with Gasteiger partial charge in [-0.15, -0.1) is 0 Å². The highest BCUT2D eigenvalue weighted by Crippen LogP contribution is 2.36. The molecule has 2 N–H and O–H groups in total. The monoisotopic (exact) mass is 300 g/mol. The molecule has 0 spiro atoms. The number of hydrogen-bond donors (Lipinski definition) is 1. The minimum atomic E-state index is -4.40. The van der Waals surface area contributed by atoms with Crippen molar-refractivity contribution in [3.63, 3.8) is 0 Å². The van der Waals surface area contributed by atoms with Crippen molar-refractivity contribution in [3.05, 3.63) is 23.8 Å². The molecule has 0 aliphatic carbocycles. The Hall–Kier alpha value is -1.39. The van der Waals surface area contributed by atoms with Gasteiger partial charge in [-0.25, -0.2) is 0 Å². The van der Waals surface area contributed by atoms with Gasteiger partial charge in [-0.1, -0.05) is 13.8 Å². The van der Waals surface area contributed by atoms with Crippen molar-refractivity contribution in [1.29, 1.82) is 0 Å². The number of anilines is 2. The molecule has 1 atom stereocenters. The average molecular weight is 300 g/mol. The van der Waals surface area contributed by atoms with Gasteiger partial charge >= 0.3 is 6.18 Å². The van der Waals surface area contributed by atoms with Gasteiger partial charge < -0.3 is 10.6 Å². The molecular formula is C16H23F3N2. The molecule has 0 saturated carbocycles. The van der Waals surface area contributed by atoms with Crippen LogP contribution in [0, 0.1) is 11.8 Å². The third kappa shape index (κ3) is 3.83. The van der Waals surface area contributed by atoms with Crippen molar-refractivity contribution in [2.75, 3.05) is 23.7 Å². The summed E-state index contributed by atoms with van der Waals surface area (Å²) in [4.78, 5) is 2.05. The maximum Gasteiger partial charge on any atom is 0.418 e. The number of benzene rings is 1. The minimum absolute atomic E-state index is 0.207. The highest BCUT2D eigenvalue weighted by atomic mass is 19.4. The standard InChI is InChI=1S/C16H23F3N2/c1-11(2)12-4-3-8-21(9-7-12)13-5-6-15(20)14(10-13)16(17,18)19/h5-6,10-12H,3-4,7-9,20H2,1-2H3. The van der Waals surface area contributed by atoms with Crippen LogP contribution in [0.25, 0.3) is 0 Å². The van der Waals surface area contributed by atoms with Crippen molar-refractivity contribution in [2.24, 2.45) is 11.8 Å². The van der Waals surface area contributed by atoms with E-state index in [1.807, 2.05) is 0 Å². The molecule has 1 fully saturated rings. The van der Waals surface area contributed by atoms with Crippen molar-refractivity contribution < 1.29 is 13.2 Å². The Labute approximate surface area is 124 Å². The quantitative estimate of drug-likeness (QED) is 0.812. The van der Waals surface area contributed by atoms with Crippen LogP contribution in [-0.4, -0.2) is 13.1 Å². The minimum Gasteiger partial charge on any atom is -0.398 e. The zero-order valence-electron chi connectivity index (χ0n) is 12.6. The number of rotatable bonds is 2. The fourth-order valence-corrected chi connectivity index (χ4v) is 3.03. The Kier molecular flexibility index (Phi) is 4.69. The van der Waals surface area contributed by atoms with E-state index in [9.17, 15) is 13.2 Å². The molecule has 118 valence electrons. The molecule has 0 bridgehead atoms. The normalized spacial score (nSPS) is 20.7. The largest absolute Gasteiger partial charge is 0.418 e. The topological polar surface area (TPSA) is 29.3 Å². The summed E-state index contributed by atoms with van der Waals surface area (Å²) in [5.41, 5.74) is 5.15. The molecule has 0 radical (unpaired) electrons. The summed E-state index contributed by atoms with van der Waals surface area (Å²) < 4.78 is 38.8. The van der Waals surface area contributed by atoms with Gasteiger partial charge in [0.1, 0.15) is 0 Å². The van der Waals surface area contributed by atoms with Gasteiger partial charge in [0.05, 0.1) is 5.56 Å². The Morgan fingerprint density at radius 2 is 1.90 bits per heavy atom. The van der Waals surface area contributed by atoms with Crippen LogP contribution in [0.1, 0.15) is 38.7 Å². The summed E-state index contributed by atoms with van der Waals surface area (Å²) in [7, 11) is 0. The molecular weight excluding hydrogens is 277 g/mol. The zero-order chi connectivity index (χ0) is 15.6. The molecule has 1 aromatic carbocycles. The van der Waals surface area contributed by atoms with E-state index in [1.54, 1.807) is 6.07 Å². The first-order chi connectivity index (χ1) is 9.79. The molecule has 1 heterocycles. The molecule has 5 heteroatoms. The summed E-state index contributed by atoms with van der Waals surface area (Å²) in [5, 5.41) is 0. The van der Waals surface area contributed by atoms with Crippen LogP contribution in [0.3, 0.4) is 0 Å². The number of hydrogen-bond acceptors (Lipinski definition) is 2. The van der Waals surface area contributed by atoms with E-state index in [1.165, 1.54) is 12.1 Å². The highest BCUT2D eigenvalue weighted by molar-refractivity contribution is 5.59. The molecule has 0 amide bonds. The molecule has 1 aliphatic heterocycles. The molecule has 21 heavy (non-hydrogen) atoms. The van der Waals surface area contributed by atoms with E-state index < -0.39 is 11.7 Å². The van der Waals surface area contributed by atoms with E-state index in [-0.39, 0.29) is 5.69 Å². The summed E-state index contributed by atoms with van der Waals surface area (Å²) in [6.45, 7) is 6.05. The number of nitrogens with zero attached hydrogens (tertiary/aromatic N) is 1. The van der Waals surface area contributed by atoms with E-state index in [2.05, 4.69) is 18.7 Å². The lowest BCUT2D eigenvalue weighted by molar-refractivity contribution is -0.136. The first kappa shape index (κ1) is 16.0. The predicted octanol–water partition coefficient (Wildman–Crippen LogP) is 4.55. The van der Waals surface area contributed by atoms with Crippen molar-refractivity contribution in [1.82, 2.24) is 0 Å². The Balaban J connectivity index is 2.19. The summed E-state index contributed by atoms with van der Waals surface area (Å²) in [6.07, 6.45) is -1.19. The predicted molar refractivity (Wildman–Crippen MR) is 80.2 cm³/mol. The second kappa shape index (κ2) is 6.16. The van der Waals surface area contributed by atoms with Crippen molar-refractivity contribution >= 4 is 11.4 Å². The smallest absolute Gasteiger partial charge is 0.398 e. The maximum atomic E-state index is 12.9. The average Bonchev–Trinajstić information content (AvgIpc) is 2.63. The van der Waals surface area contributed by atoms with Crippen LogP contribution in [-0.2, 0) is 6.18 Å². The summed E-state index contributed by atoms with van der Waals surface area (Å²) >= 11 is 0. The molecule has 2 nitrogen and oxygen atoms in total. The summed E-state index contributed by atoms with van der Waals surface area (Å²) in [5.74, 6) is 1.29. The number of alkyl halides is 3. The van der Waals surface area contributed by atoms with Crippen LogP contribution < -0.4 is 10.6 Å². The van der Waals surface area contributed by atoms with E-state index in [0.717, 1.165) is 32.4 Å². The maximum absolute atomic E-state index is 12.9. The first-order valence-corrected chi connectivity index (χ1v) is 7.50. The van der Waals surface area contributed by atoms with Crippen LogP contribution >= 0.6 is 0 Å². The summed E-state index contributed by atoms with van der Waals surface area (Å²) in [6, 6.07) is 4.24. The zero-order valence-corrected chi connectivity index (χ0v) is 12.6. The van der Waals surface area contributed by atoms with Crippen LogP contribution in [0.4, 0.5) is 24.5 Å². The number of nitrogen functional groups attached to an aromatic ring is 1. The van der Waals surface area contributed by atoms with Gasteiger partial charge in [0, 0.05) is 24.5 Å². The lowest BCUT2D eigenvalue weighted by Gasteiger charge is -2.25. The molecule has 1 saturated heterocycles. The Morgan fingerprint density at radius 3 is 2.52 bits per heavy atom. The number of halogens is 3.